The number of benzene rings is 1. The van der Waals surface area contributed by atoms with Crippen LogP contribution >= 0.6 is 0 Å². The Morgan fingerprint density at radius 2 is 2.10 bits per heavy atom. The lowest BCUT2D eigenvalue weighted by Gasteiger charge is -2.29. The van der Waals surface area contributed by atoms with Crippen LogP contribution < -0.4 is 10.5 Å². The Kier molecular flexibility index (Phi) is 6.31. The van der Waals surface area contributed by atoms with Crippen molar-refractivity contribution < 1.29 is 14.3 Å². The van der Waals surface area contributed by atoms with Crippen molar-refractivity contribution in [1.29, 1.82) is 0 Å². The van der Waals surface area contributed by atoms with E-state index < -0.39 is 0 Å². The summed E-state index contributed by atoms with van der Waals surface area (Å²) < 4.78 is 10.3. The minimum atomic E-state index is -0.0828. The fourth-order valence-electron chi connectivity index (χ4n) is 1.98. The van der Waals surface area contributed by atoms with Gasteiger partial charge in [-0.1, -0.05) is 6.92 Å². The lowest BCUT2D eigenvalue weighted by atomic mass is 10.1. The molecule has 0 heterocycles. The molecule has 0 aromatic heterocycles. The van der Waals surface area contributed by atoms with E-state index in [1.165, 1.54) is 0 Å². The highest BCUT2D eigenvalue weighted by molar-refractivity contribution is 5.98. The number of carbonyl (C=O) groups excluding carboxylic acids is 1. The molecule has 5 nitrogen and oxygen atoms in total. The van der Waals surface area contributed by atoms with E-state index in [4.69, 9.17) is 15.2 Å². The molecule has 1 atom stereocenters. The van der Waals surface area contributed by atoms with E-state index in [9.17, 15) is 4.79 Å². The number of anilines is 1. The summed E-state index contributed by atoms with van der Waals surface area (Å²) >= 11 is 0. The molecule has 112 valence electrons. The van der Waals surface area contributed by atoms with Gasteiger partial charge in [-0.05, 0) is 31.5 Å². The molecule has 0 radical (unpaired) electrons. The maximum absolute atomic E-state index is 12.7. The fourth-order valence-corrected chi connectivity index (χ4v) is 1.98. The van der Waals surface area contributed by atoms with Gasteiger partial charge in [0, 0.05) is 25.4 Å². The number of nitrogens with zero attached hydrogens (tertiary/aromatic N) is 1. The van der Waals surface area contributed by atoms with Crippen LogP contribution in [0, 0.1) is 0 Å². The standard InChI is InChI=1S/C15H24N2O3/c1-5-11(2)17(8-9-19-3)15(18)13-10-12(16)6-7-14(13)20-4/h6-7,10-11H,5,8-9,16H2,1-4H3. The van der Waals surface area contributed by atoms with Crippen LogP contribution in [0.1, 0.15) is 30.6 Å². The quantitative estimate of drug-likeness (QED) is 0.777. The van der Waals surface area contributed by atoms with E-state index >= 15 is 0 Å². The van der Waals surface area contributed by atoms with Gasteiger partial charge < -0.3 is 20.1 Å². The largest absolute Gasteiger partial charge is 0.496 e. The molecule has 20 heavy (non-hydrogen) atoms. The van der Waals surface area contributed by atoms with Crippen LogP contribution in [0.15, 0.2) is 18.2 Å². The van der Waals surface area contributed by atoms with Gasteiger partial charge in [-0.25, -0.2) is 0 Å². The van der Waals surface area contributed by atoms with E-state index in [-0.39, 0.29) is 11.9 Å². The highest BCUT2D eigenvalue weighted by Crippen LogP contribution is 2.23. The first-order valence-electron chi connectivity index (χ1n) is 6.78. The summed E-state index contributed by atoms with van der Waals surface area (Å²) in [6.07, 6.45) is 0.875. The monoisotopic (exact) mass is 280 g/mol. The van der Waals surface area contributed by atoms with E-state index in [2.05, 4.69) is 0 Å². The van der Waals surface area contributed by atoms with E-state index in [1.54, 1.807) is 37.3 Å². The first-order chi connectivity index (χ1) is 9.54. The van der Waals surface area contributed by atoms with Crippen LogP contribution in [-0.2, 0) is 4.74 Å². The number of nitrogen functional groups attached to an aromatic ring is 1. The average Bonchev–Trinajstić information content (AvgIpc) is 2.46. The second-order valence-corrected chi connectivity index (χ2v) is 4.71. The first-order valence-corrected chi connectivity index (χ1v) is 6.78. The topological polar surface area (TPSA) is 64.8 Å². The Bertz CT molecular complexity index is 449. The maximum atomic E-state index is 12.7. The Labute approximate surface area is 120 Å². The fraction of sp³-hybridized carbons (Fsp3) is 0.533. The van der Waals surface area contributed by atoms with Crippen LogP contribution in [0.25, 0.3) is 0 Å². The minimum absolute atomic E-state index is 0.0828. The summed E-state index contributed by atoms with van der Waals surface area (Å²) in [4.78, 5) is 14.5. The molecule has 0 spiro atoms. The third-order valence-corrected chi connectivity index (χ3v) is 3.37. The smallest absolute Gasteiger partial charge is 0.258 e. The zero-order valence-electron chi connectivity index (χ0n) is 12.7. The molecule has 5 heteroatoms. The Hall–Kier alpha value is -1.75. The predicted molar refractivity (Wildman–Crippen MR) is 80.1 cm³/mol. The molecule has 0 saturated heterocycles. The normalized spacial score (nSPS) is 12.0. The van der Waals surface area contributed by atoms with Crippen LogP contribution in [0.3, 0.4) is 0 Å². The molecule has 0 fully saturated rings. The molecule has 1 aromatic carbocycles. The highest BCUT2D eigenvalue weighted by Gasteiger charge is 2.23. The van der Waals surface area contributed by atoms with Crippen molar-refractivity contribution in [3.05, 3.63) is 23.8 Å². The average molecular weight is 280 g/mol. The van der Waals surface area contributed by atoms with Crippen molar-refractivity contribution in [1.82, 2.24) is 4.90 Å². The number of amides is 1. The lowest BCUT2D eigenvalue weighted by Crippen LogP contribution is -2.40. The zero-order valence-corrected chi connectivity index (χ0v) is 12.7. The highest BCUT2D eigenvalue weighted by atomic mass is 16.5. The van der Waals surface area contributed by atoms with Crippen molar-refractivity contribution in [2.75, 3.05) is 33.1 Å². The predicted octanol–water partition coefficient (Wildman–Crippen LogP) is 2.16. The summed E-state index contributed by atoms with van der Waals surface area (Å²) in [5, 5.41) is 0. The van der Waals surface area contributed by atoms with Gasteiger partial charge in [-0.2, -0.15) is 0 Å². The molecule has 1 unspecified atom stereocenters. The summed E-state index contributed by atoms with van der Waals surface area (Å²) in [5.74, 6) is 0.454. The SMILES string of the molecule is CCC(C)N(CCOC)C(=O)c1cc(N)ccc1OC. The third kappa shape index (κ3) is 3.87. The Morgan fingerprint density at radius 3 is 2.65 bits per heavy atom. The van der Waals surface area contributed by atoms with Crippen molar-refractivity contribution in [3.8, 4) is 5.75 Å². The number of nitrogens with two attached hydrogens (primary N) is 1. The van der Waals surface area contributed by atoms with Crippen LogP contribution in [0.5, 0.6) is 5.75 Å². The summed E-state index contributed by atoms with van der Waals surface area (Å²) in [5.41, 5.74) is 6.81. The van der Waals surface area contributed by atoms with Crippen molar-refractivity contribution in [3.63, 3.8) is 0 Å². The molecule has 1 aromatic rings. The number of hydrogen-bond donors (Lipinski definition) is 1. The van der Waals surface area contributed by atoms with Crippen LogP contribution in [0.4, 0.5) is 5.69 Å². The van der Waals surface area contributed by atoms with Crippen LogP contribution in [0.2, 0.25) is 0 Å². The number of ether oxygens (including phenoxy) is 2. The van der Waals surface area contributed by atoms with Gasteiger partial charge in [0.2, 0.25) is 0 Å². The molecule has 1 rings (SSSR count). The molecule has 0 bridgehead atoms. The molecular formula is C15H24N2O3. The number of methoxy groups -OCH3 is 2. The third-order valence-electron chi connectivity index (χ3n) is 3.37. The van der Waals surface area contributed by atoms with Crippen molar-refractivity contribution in [2.45, 2.75) is 26.3 Å². The number of hydrogen-bond acceptors (Lipinski definition) is 4. The maximum Gasteiger partial charge on any atom is 0.258 e. The number of carbonyl (C=O) groups is 1. The molecule has 1 amide bonds. The van der Waals surface area contributed by atoms with Crippen LogP contribution in [-0.4, -0.2) is 44.2 Å². The second-order valence-electron chi connectivity index (χ2n) is 4.71. The van der Waals surface area contributed by atoms with Gasteiger partial charge in [0.15, 0.2) is 0 Å². The Morgan fingerprint density at radius 1 is 1.40 bits per heavy atom. The minimum Gasteiger partial charge on any atom is -0.496 e. The molecule has 0 saturated carbocycles. The number of rotatable bonds is 7. The van der Waals surface area contributed by atoms with Crippen molar-refractivity contribution in [2.24, 2.45) is 0 Å². The Balaban J connectivity index is 3.07. The second kappa shape index (κ2) is 7.75. The molecule has 0 aliphatic heterocycles. The summed E-state index contributed by atoms with van der Waals surface area (Å²) in [7, 11) is 3.17. The van der Waals surface area contributed by atoms with Gasteiger partial charge >= 0.3 is 0 Å². The van der Waals surface area contributed by atoms with Gasteiger partial charge in [-0.3, -0.25) is 4.79 Å². The molecule has 0 aliphatic carbocycles. The summed E-state index contributed by atoms with van der Waals surface area (Å²) in [6.45, 7) is 5.11. The summed E-state index contributed by atoms with van der Waals surface area (Å²) in [6, 6.07) is 5.22. The van der Waals surface area contributed by atoms with E-state index in [0.717, 1.165) is 6.42 Å². The van der Waals surface area contributed by atoms with Gasteiger partial charge in [0.05, 0.1) is 19.3 Å². The van der Waals surface area contributed by atoms with Gasteiger partial charge in [-0.15, -0.1) is 0 Å². The first kappa shape index (κ1) is 16.3. The van der Waals surface area contributed by atoms with E-state index in [0.29, 0.717) is 30.2 Å². The van der Waals surface area contributed by atoms with Crippen molar-refractivity contribution >= 4 is 11.6 Å². The molecule has 0 aliphatic rings. The lowest BCUT2D eigenvalue weighted by molar-refractivity contribution is 0.0611. The molecule has 2 N–H and O–H groups in total. The molecular weight excluding hydrogens is 256 g/mol. The van der Waals surface area contributed by atoms with Gasteiger partial charge in [0.1, 0.15) is 5.75 Å². The van der Waals surface area contributed by atoms with E-state index in [1.807, 2.05) is 13.8 Å². The van der Waals surface area contributed by atoms with Gasteiger partial charge in [0.25, 0.3) is 5.91 Å². The zero-order chi connectivity index (χ0) is 15.1.